The van der Waals surface area contributed by atoms with E-state index in [2.05, 4.69) is 15.3 Å². The van der Waals surface area contributed by atoms with Crippen LogP contribution in [-0.4, -0.2) is 20.0 Å². The summed E-state index contributed by atoms with van der Waals surface area (Å²) in [5.41, 5.74) is 0.738. The first-order chi connectivity index (χ1) is 6.25. The second kappa shape index (κ2) is 3.32. The standard InChI is InChI=1S/C7H4Cl2N4/c8-6-3-5(4-7(9)11-6)13-2-1-10-12-13/h1-4H. The topological polar surface area (TPSA) is 43.6 Å². The average Bonchev–Trinajstić information content (AvgIpc) is 2.53. The summed E-state index contributed by atoms with van der Waals surface area (Å²) in [6.45, 7) is 0. The monoisotopic (exact) mass is 214 g/mol. The molecule has 0 saturated carbocycles. The highest BCUT2D eigenvalue weighted by Gasteiger charge is 2.01. The zero-order valence-corrected chi connectivity index (χ0v) is 7.87. The molecule has 0 aliphatic carbocycles. The molecule has 0 atom stereocenters. The van der Waals surface area contributed by atoms with Gasteiger partial charge >= 0.3 is 0 Å². The summed E-state index contributed by atoms with van der Waals surface area (Å²) in [4.78, 5) is 3.81. The minimum atomic E-state index is 0.331. The van der Waals surface area contributed by atoms with Gasteiger partial charge in [0.25, 0.3) is 0 Å². The Hall–Kier alpha value is -1.13. The lowest BCUT2D eigenvalue weighted by Gasteiger charge is -2.00. The zero-order valence-electron chi connectivity index (χ0n) is 6.35. The van der Waals surface area contributed by atoms with E-state index in [1.165, 1.54) is 0 Å². The lowest BCUT2D eigenvalue weighted by molar-refractivity contribution is 0.802. The van der Waals surface area contributed by atoms with Crippen molar-refractivity contribution in [2.45, 2.75) is 0 Å². The van der Waals surface area contributed by atoms with Crippen LogP contribution in [-0.2, 0) is 0 Å². The first kappa shape index (κ1) is 8.47. The van der Waals surface area contributed by atoms with E-state index < -0.39 is 0 Å². The Morgan fingerprint density at radius 1 is 1.15 bits per heavy atom. The van der Waals surface area contributed by atoms with Gasteiger partial charge in [0.2, 0.25) is 0 Å². The van der Waals surface area contributed by atoms with Crippen LogP contribution in [0.3, 0.4) is 0 Å². The number of nitrogens with zero attached hydrogens (tertiary/aromatic N) is 4. The van der Waals surface area contributed by atoms with Crippen molar-refractivity contribution in [1.82, 2.24) is 20.0 Å². The van der Waals surface area contributed by atoms with Crippen molar-refractivity contribution in [3.63, 3.8) is 0 Å². The van der Waals surface area contributed by atoms with E-state index >= 15 is 0 Å². The van der Waals surface area contributed by atoms with Crippen molar-refractivity contribution < 1.29 is 0 Å². The summed E-state index contributed by atoms with van der Waals surface area (Å²) >= 11 is 11.4. The Morgan fingerprint density at radius 3 is 2.38 bits per heavy atom. The molecule has 6 heteroatoms. The smallest absolute Gasteiger partial charge is 0.132 e. The van der Waals surface area contributed by atoms with E-state index in [0.29, 0.717) is 10.3 Å². The molecule has 0 spiro atoms. The van der Waals surface area contributed by atoms with Gasteiger partial charge in [0.15, 0.2) is 0 Å². The molecule has 0 bridgehead atoms. The number of hydrogen-bond acceptors (Lipinski definition) is 3. The Balaban J connectivity index is 2.53. The van der Waals surface area contributed by atoms with Gasteiger partial charge in [-0.25, -0.2) is 9.67 Å². The van der Waals surface area contributed by atoms with Gasteiger partial charge in [0, 0.05) is 12.1 Å². The maximum absolute atomic E-state index is 5.71. The van der Waals surface area contributed by atoms with Crippen molar-refractivity contribution in [2.75, 3.05) is 0 Å². The minimum absolute atomic E-state index is 0.331. The molecule has 2 heterocycles. The molecule has 13 heavy (non-hydrogen) atoms. The Morgan fingerprint density at radius 2 is 1.85 bits per heavy atom. The largest absolute Gasteiger partial charge is 0.224 e. The average molecular weight is 215 g/mol. The lowest BCUT2D eigenvalue weighted by atomic mass is 10.4. The van der Waals surface area contributed by atoms with Gasteiger partial charge in [-0.3, -0.25) is 0 Å². The molecule has 0 amide bonds. The molecule has 0 aliphatic heterocycles. The van der Waals surface area contributed by atoms with Crippen LogP contribution in [0.15, 0.2) is 24.5 Å². The normalized spacial score (nSPS) is 10.3. The minimum Gasteiger partial charge on any atom is -0.224 e. The van der Waals surface area contributed by atoms with Crippen LogP contribution in [0.1, 0.15) is 0 Å². The molecule has 0 saturated heterocycles. The number of pyridine rings is 1. The maximum atomic E-state index is 5.71. The van der Waals surface area contributed by atoms with Gasteiger partial charge in [-0.05, 0) is 0 Å². The van der Waals surface area contributed by atoms with Gasteiger partial charge in [0.05, 0.1) is 18.1 Å². The Kier molecular flexibility index (Phi) is 2.16. The molecular formula is C7H4Cl2N4. The first-order valence-electron chi connectivity index (χ1n) is 3.45. The van der Waals surface area contributed by atoms with Gasteiger partial charge < -0.3 is 0 Å². The fraction of sp³-hybridized carbons (Fsp3) is 0. The molecular weight excluding hydrogens is 211 g/mol. The van der Waals surface area contributed by atoms with Crippen molar-refractivity contribution in [3.05, 3.63) is 34.8 Å². The third kappa shape index (κ3) is 1.79. The molecule has 66 valence electrons. The SMILES string of the molecule is Clc1cc(-n2ccnn2)cc(Cl)n1. The molecule has 4 nitrogen and oxygen atoms in total. The predicted octanol–water partition coefficient (Wildman–Crippen LogP) is 1.97. The van der Waals surface area contributed by atoms with Crippen LogP contribution in [0, 0.1) is 0 Å². The summed E-state index contributed by atoms with van der Waals surface area (Å²) in [5, 5.41) is 8.12. The molecule has 0 radical (unpaired) electrons. The van der Waals surface area contributed by atoms with Crippen LogP contribution < -0.4 is 0 Å². The van der Waals surface area contributed by atoms with Gasteiger partial charge in [-0.2, -0.15) is 0 Å². The van der Waals surface area contributed by atoms with Crippen molar-refractivity contribution in [1.29, 1.82) is 0 Å². The number of rotatable bonds is 1. The number of hydrogen-bond donors (Lipinski definition) is 0. The van der Waals surface area contributed by atoms with E-state index in [0.717, 1.165) is 5.69 Å². The van der Waals surface area contributed by atoms with Crippen molar-refractivity contribution in [3.8, 4) is 5.69 Å². The highest BCUT2D eigenvalue weighted by Crippen LogP contribution is 2.16. The van der Waals surface area contributed by atoms with Crippen LogP contribution in [0.4, 0.5) is 0 Å². The van der Waals surface area contributed by atoms with E-state index in [9.17, 15) is 0 Å². The highest BCUT2D eigenvalue weighted by molar-refractivity contribution is 6.32. The first-order valence-corrected chi connectivity index (χ1v) is 4.21. The summed E-state index contributed by atoms with van der Waals surface area (Å²) < 4.78 is 1.56. The van der Waals surface area contributed by atoms with Crippen molar-refractivity contribution in [2.24, 2.45) is 0 Å². The third-order valence-electron chi connectivity index (χ3n) is 1.43. The van der Waals surface area contributed by atoms with Crippen LogP contribution in [0.5, 0.6) is 0 Å². The molecule has 0 aromatic carbocycles. The second-order valence-corrected chi connectivity index (χ2v) is 3.09. The highest BCUT2D eigenvalue weighted by atomic mass is 35.5. The number of halogens is 2. The predicted molar refractivity (Wildman–Crippen MR) is 49.2 cm³/mol. The molecule has 0 aliphatic rings. The molecule has 0 N–H and O–H groups in total. The van der Waals surface area contributed by atoms with Crippen LogP contribution >= 0.6 is 23.2 Å². The number of aromatic nitrogens is 4. The fourth-order valence-electron chi connectivity index (χ4n) is 0.931. The third-order valence-corrected chi connectivity index (χ3v) is 1.82. The van der Waals surface area contributed by atoms with E-state index in [1.807, 2.05) is 0 Å². The second-order valence-electron chi connectivity index (χ2n) is 2.32. The molecule has 2 rings (SSSR count). The maximum Gasteiger partial charge on any atom is 0.132 e. The van der Waals surface area contributed by atoms with Gasteiger partial charge in [-0.1, -0.05) is 28.4 Å². The van der Waals surface area contributed by atoms with E-state index in [4.69, 9.17) is 23.2 Å². The quantitative estimate of drug-likeness (QED) is 0.683. The Labute approximate surface area is 84.1 Å². The fourth-order valence-corrected chi connectivity index (χ4v) is 1.38. The van der Waals surface area contributed by atoms with Crippen molar-refractivity contribution >= 4 is 23.2 Å². The van der Waals surface area contributed by atoms with Crippen LogP contribution in [0.2, 0.25) is 10.3 Å². The molecule has 2 aromatic rings. The molecule has 0 fully saturated rings. The van der Waals surface area contributed by atoms with Gasteiger partial charge in [0.1, 0.15) is 10.3 Å². The lowest BCUT2D eigenvalue weighted by Crippen LogP contribution is -1.95. The zero-order chi connectivity index (χ0) is 9.26. The molecule has 0 unspecified atom stereocenters. The molecule has 2 aromatic heterocycles. The van der Waals surface area contributed by atoms with E-state index in [-0.39, 0.29) is 0 Å². The Bertz CT molecular complexity index is 392. The van der Waals surface area contributed by atoms with Crippen LogP contribution in [0.25, 0.3) is 5.69 Å². The van der Waals surface area contributed by atoms with Gasteiger partial charge in [-0.15, -0.1) is 5.10 Å². The summed E-state index contributed by atoms with van der Waals surface area (Å²) in [6.07, 6.45) is 3.27. The summed E-state index contributed by atoms with van der Waals surface area (Å²) in [7, 11) is 0. The summed E-state index contributed by atoms with van der Waals surface area (Å²) in [6, 6.07) is 3.31. The van der Waals surface area contributed by atoms with E-state index in [1.54, 1.807) is 29.2 Å². The summed E-state index contributed by atoms with van der Waals surface area (Å²) in [5.74, 6) is 0.